The molecule has 2 aromatic heterocycles. The van der Waals surface area contributed by atoms with Crippen LogP contribution in [0.25, 0.3) is 21.9 Å². The van der Waals surface area contributed by atoms with E-state index >= 15 is 0 Å². The molecule has 0 saturated heterocycles. The quantitative estimate of drug-likeness (QED) is 0.530. The first-order valence-corrected chi connectivity index (χ1v) is 4.98. The van der Waals surface area contributed by atoms with Crippen molar-refractivity contribution in [2.24, 2.45) is 0 Å². The van der Waals surface area contributed by atoms with Gasteiger partial charge in [0.15, 0.2) is 11.3 Å². The predicted molar refractivity (Wildman–Crippen MR) is 59.6 cm³/mol. The molecule has 0 aliphatic heterocycles. The van der Waals surface area contributed by atoms with Crippen LogP contribution in [-0.2, 0) is 4.79 Å². The molecule has 3 rings (SSSR count). The van der Waals surface area contributed by atoms with Crippen LogP contribution in [0, 0.1) is 0 Å². The standard InChI is InChI=1S/C12H6O6/c13-8-6-2-4-17-10(6)7(9(14)12(15)16)5-1-3-18-11(5)8/h1-4,13H,(H,15,16). The fourth-order valence-electron chi connectivity index (χ4n) is 1.96. The average molecular weight is 246 g/mol. The van der Waals surface area contributed by atoms with Gasteiger partial charge in [0.2, 0.25) is 0 Å². The van der Waals surface area contributed by atoms with Gasteiger partial charge in [0.1, 0.15) is 5.58 Å². The average Bonchev–Trinajstić information content (AvgIpc) is 2.96. The maximum absolute atomic E-state index is 11.7. The van der Waals surface area contributed by atoms with E-state index in [9.17, 15) is 14.7 Å². The van der Waals surface area contributed by atoms with E-state index in [1.807, 2.05) is 0 Å². The number of carbonyl (C=O) groups is 2. The second-order valence-electron chi connectivity index (χ2n) is 3.68. The Morgan fingerprint density at radius 2 is 1.61 bits per heavy atom. The van der Waals surface area contributed by atoms with Crippen LogP contribution in [0.15, 0.2) is 33.5 Å². The summed E-state index contributed by atoms with van der Waals surface area (Å²) in [7, 11) is 0. The molecule has 6 nitrogen and oxygen atoms in total. The molecule has 0 amide bonds. The normalized spacial score (nSPS) is 11.1. The van der Waals surface area contributed by atoms with Crippen LogP contribution in [0.2, 0.25) is 0 Å². The number of benzene rings is 1. The van der Waals surface area contributed by atoms with Crippen LogP contribution in [0.4, 0.5) is 0 Å². The lowest BCUT2D eigenvalue weighted by Crippen LogP contribution is -2.13. The second-order valence-corrected chi connectivity index (χ2v) is 3.68. The zero-order valence-corrected chi connectivity index (χ0v) is 8.84. The Kier molecular flexibility index (Phi) is 1.94. The van der Waals surface area contributed by atoms with E-state index in [1.165, 1.54) is 24.7 Å². The van der Waals surface area contributed by atoms with Crippen molar-refractivity contribution in [3.05, 3.63) is 30.2 Å². The summed E-state index contributed by atoms with van der Waals surface area (Å²) >= 11 is 0. The number of rotatable bonds is 2. The topological polar surface area (TPSA) is 101 Å². The molecule has 3 aromatic rings. The molecule has 0 bridgehead atoms. The highest BCUT2D eigenvalue weighted by molar-refractivity contribution is 6.44. The summed E-state index contributed by atoms with van der Waals surface area (Å²) in [5, 5.41) is 19.2. The predicted octanol–water partition coefficient (Wildman–Crippen LogP) is 2.15. The number of ketones is 1. The van der Waals surface area contributed by atoms with Gasteiger partial charge in [-0.3, -0.25) is 4.79 Å². The van der Waals surface area contributed by atoms with E-state index in [0.29, 0.717) is 0 Å². The molecule has 6 heteroatoms. The fourth-order valence-corrected chi connectivity index (χ4v) is 1.96. The van der Waals surface area contributed by atoms with Gasteiger partial charge >= 0.3 is 5.97 Å². The molecule has 0 unspecified atom stereocenters. The zero-order chi connectivity index (χ0) is 12.9. The summed E-state index contributed by atoms with van der Waals surface area (Å²) in [5.74, 6) is -2.89. The highest BCUT2D eigenvalue weighted by Crippen LogP contribution is 2.38. The van der Waals surface area contributed by atoms with E-state index in [-0.39, 0.29) is 33.3 Å². The van der Waals surface area contributed by atoms with Gasteiger partial charge in [-0.1, -0.05) is 0 Å². The highest BCUT2D eigenvalue weighted by Gasteiger charge is 2.26. The first-order valence-electron chi connectivity index (χ1n) is 4.98. The fraction of sp³-hybridized carbons (Fsp3) is 0. The van der Waals surface area contributed by atoms with Gasteiger partial charge in [0, 0.05) is 5.39 Å². The first kappa shape index (κ1) is 10.4. The third-order valence-electron chi connectivity index (χ3n) is 2.72. The maximum atomic E-state index is 11.7. The molecular formula is C12H6O6. The molecule has 0 saturated carbocycles. The largest absolute Gasteiger partial charge is 0.504 e. The number of Topliss-reactive ketones (excluding diaryl/α,β-unsaturated/α-hetero) is 1. The Hall–Kier alpha value is -2.76. The van der Waals surface area contributed by atoms with Crippen molar-refractivity contribution in [3.8, 4) is 5.75 Å². The minimum Gasteiger partial charge on any atom is -0.504 e. The monoisotopic (exact) mass is 246 g/mol. The summed E-state index contributed by atoms with van der Waals surface area (Å²) in [6.45, 7) is 0. The summed E-state index contributed by atoms with van der Waals surface area (Å²) in [4.78, 5) is 22.5. The molecule has 0 aliphatic carbocycles. The number of aliphatic carboxylic acids is 1. The van der Waals surface area contributed by atoms with Crippen molar-refractivity contribution in [3.63, 3.8) is 0 Å². The summed E-state index contributed by atoms with van der Waals surface area (Å²) in [6.07, 6.45) is 2.53. The minimum atomic E-state index is -1.60. The van der Waals surface area contributed by atoms with Gasteiger partial charge in [-0.25, -0.2) is 4.79 Å². The van der Waals surface area contributed by atoms with Crippen molar-refractivity contribution >= 4 is 33.7 Å². The number of carbonyl (C=O) groups excluding carboxylic acids is 1. The number of phenolic OH excluding ortho intramolecular Hbond substituents is 1. The number of hydrogen-bond donors (Lipinski definition) is 2. The summed E-state index contributed by atoms with van der Waals surface area (Å²) < 4.78 is 10.2. The molecule has 0 fully saturated rings. The third-order valence-corrected chi connectivity index (χ3v) is 2.72. The Balaban J connectivity index is 2.55. The lowest BCUT2D eigenvalue weighted by molar-refractivity contribution is -0.131. The van der Waals surface area contributed by atoms with E-state index in [0.717, 1.165) is 0 Å². The molecule has 1 aromatic carbocycles. The number of carboxylic acid groups (broad SMARTS) is 1. The molecule has 0 atom stereocenters. The van der Waals surface area contributed by atoms with E-state index in [2.05, 4.69) is 0 Å². The van der Waals surface area contributed by atoms with Crippen LogP contribution in [0.5, 0.6) is 5.75 Å². The number of phenols is 1. The van der Waals surface area contributed by atoms with Crippen molar-refractivity contribution in [2.75, 3.05) is 0 Å². The zero-order valence-electron chi connectivity index (χ0n) is 8.84. The van der Waals surface area contributed by atoms with Gasteiger partial charge in [0.25, 0.3) is 5.78 Å². The molecular weight excluding hydrogens is 240 g/mol. The Bertz CT molecular complexity index is 740. The Morgan fingerprint density at radius 1 is 1.00 bits per heavy atom. The van der Waals surface area contributed by atoms with E-state index < -0.39 is 11.8 Å². The maximum Gasteiger partial charge on any atom is 0.377 e. The van der Waals surface area contributed by atoms with Crippen LogP contribution >= 0.6 is 0 Å². The molecule has 0 aliphatic rings. The van der Waals surface area contributed by atoms with Crippen molar-refractivity contribution in [1.29, 1.82) is 0 Å². The summed E-state index contributed by atoms with van der Waals surface area (Å²) in [6, 6.07) is 2.85. The Labute approximate surface area is 99.0 Å². The van der Waals surface area contributed by atoms with Crippen molar-refractivity contribution < 1.29 is 28.6 Å². The molecule has 0 spiro atoms. The Morgan fingerprint density at radius 3 is 2.28 bits per heavy atom. The lowest BCUT2D eigenvalue weighted by atomic mass is 10.0. The van der Waals surface area contributed by atoms with Crippen LogP contribution in [0.1, 0.15) is 10.4 Å². The SMILES string of the molecule is O=C(O)C(=O)c1c2ccoc2c(O)c2ccoc12. The molecule has 18 heavy (non-hydrogen) atoms. The highest BCUT2D eigenvalue weighted by atomic mass is 16.4. The van der Waals surface area contributed by atoms with Crippen molar-refractivity contribution in [2.45, 2.75) is 0 Å². The van der Waals surface area contributed by atoms with Gasteiger partial charge in [-0.15, -0.1) is 0 Å². The van der Waals surface area contributed by atoms with Gasteiger partial charge in [-0.05, 0) is 12.1 Å². The van der Waals surface area contributed by atoms with Gasteiger partial charge in [0.05, 0.1) is 23.5 Å². The summed E-state index contributed by atoms with van der Waals surface area (Å²) in [5.41, 5.74) is -0.0219. The third kappa shape index (κ3) is 1.17. The number of aromatic hydroxyl groups is 1. The van der Waals surface area contributed by atoms with E-state index in [1.54, 1.807) is 0 Å². The molecule has 2 N–H and O–H groups in total. The van der Waals surface area contributed by atoms with Crippen LogP contribution < -0.4 is 0 Å². The van der Waals surface area contributed by atoms with E-state index in [4.69, 9.17) is 13.9 Å². The number of carboxylic acids is 1. The van der Waals surface area contributed by atoms with Gasteiger partial charge in [-0.2, -0.15) is 0 Å². The van der Waals surface area contributed by atoms with Crippen LogP contribution in [0.3, 0.4) is 0 Å². The smallest absolute Gasteiger partial charge is 0.377 e. The lowest BCUT2D eigenvalue weighted by Gasteiger charge is -2.02. The van der Waals surface area contributed by atoms with Gasteiger partial charge < -0.3 is 19.0 Å². The number of hydrogen-bond acceptors (Lipinski definition) is 5. The molecule has 2 heterocycles. The molecule has 0 radical (unpaired) electrons. The number of furan rings is 2. The first-order chi connectivity index (χ1) is 8.61. The second kappa shape index (κ2) is 3.36. The molecule has 90 valence electrons. The van der Waals surface area contributed by atoms with Crippen LogP contribution in [-0.4, -0.2) is 22.0 Å². The number of fused-ring (bicyclic) bond motifs is 2. The minimum absolute atomic E-state index is 0.0359. The van der Waals surface area contributed by atoms with Crippen molar-refractivity contribution in [1.82, 2.24) is 0 Å².